The van der Waals surface area contributed by atoms with Crippen molar-refractivity contribution < 1.29 is 19.0 Å². The average Bonchev–Trinajstić information content (AvgIpc) is 2.82. The van der Waals surface area contributed by atoms with Gasteiger partial charge < -0.3 is 14.2 Å². The van der Waals surface area contributed by atoms with Gasteiger partial charge in [0, 0.05) is 11.8 Å². The van der Waals surface area contributed by atoms with E-state index in [1.54, 1.807) is 17.4 Å². The predicted molar refractivity (Wildman–Crippen MR) is 63.1 cm³/mol. The van der Waals surface area contributed by atoms with Crippen LogP contribution >= 0.6 is 0 Å². The topological polar surface area (TPSA) is 48.0 Å². The zero-order chi connectivity index (χ0) is 12.9. The Morgan fingerprint density at radius 2 is 1.61 bits per heavy atom. The number of carbonyl (C=O) groups is 1. The molecule has 0 aromatic rings. The third-order valence-electron chi connectivity index (χ3n) is 3.29. The van der Waals surface area contributed by atoms with E-state index < -0.39 is 11.7 Å². The molecule has 0 bridgehead atoms. The Kier molecular flexibility index (Phi) is 2.33. The SMILES string of the molecule is CC(C)(C)OC(=O)N1[C@H]2OC=C[C@H]2[C@@H]2C=CO[C@@H]21. The first-order valence-corrected chi connectivity index (χ1v) is 6.13. The number of hydrogen-bond acceptors (Lipinski definition) is 4. The molecule has 0 aromatic heterocycles. The molecule has 1 saturated heterocycles. The van der Waals surface area contributed by atoms with Gasteiger partial charge >= 0.3 is 6.09 Å². The lowest BCUT2D eigenvalue weighted by Gasteiger charge is -2.30. The summed E-state index contributed by atoms with van der Waals surface area (Å²) in [5.41, 5.74) is -0.525. The maximum absolute atomic E-state index is 12.2. The van der Waals surface area contributed by atoms with Gasteiger partial charge in [0.05, 0.1) is 12.5 Å². The maximum atomic E-state index is 12.2. The first-order chi connectivity index (χ1) is 8.47. The molecule has 0 spiro atoms. The van der Waals surface area contributed by atoms with E-state index in [9.17, 15) is 4.79 Å². The Bertz CT molecular complexity index is 397. The molecule has 5 heteroatoms. The summed E-state index contributed by atoms with van der Waals surface area (Å²) in [6.45, 7) is 5.53. The summed E-state index contributed by atoms with van der Waals surface area (Å²) in [7, 11) is 0. The summed E-state index contributed by atoms with van der Waals surface area (Å²) in [6, 6.07) is 0. The van der Waals surface area contributed by atoms with Crippen LogP contribution < -0.4 is 0 Å². The highest BCUT2D eigenvalue weighted by molar-refractivity contribution is 5.69. The van der Waals surface area contributed by atoms with E-state index in [1.165, 1.54) is 0 Å². The van der Waals surface area contributed by atoms with E-state index in [2.05, 4.69) is 0 Å². The van der Waals surface area contributed by atoms with Gasteiger partial charge in [-0.15, -0.1) is 0 Å². The Hall–Kier alpha value is -1.65. The molecular formula is C13H17NO4. The lowest BCUT2D eigenvalue weighted by Crippen LogP contribution is -2.45. The second-order valence-corrected chi connectivity index (χ2v) is 5.75. The minimum Gasteiger partial charge on any atom is -0.477 e. The third-order valence-corrected chi connectivity index (χ3v) is 3.29. The molecule has 98 valence electrons. The van der Waals surface area contributed by atoms with E-state index in [4.69, 9.17) is 14.2 Å². The van der Waals surface area contributed by atoms with Crippen LogP contribution in [0.2, 0.25) is 0 Å². The molecule has 0 saturated carbocycles. The Balaban J connectivity index is 1.82. The largest absolute Gasteiger partial charge is 0.477 e. The first-order valence-electron chi connectivity index (χ1n) is 6.13. The summed E-state index contributed by atoms with van der Waals surface area (Å²) in [6.07, 6.45) is 6.25. The lowest BCUT2D eigenvalue weighted by molar-refractivity contribution is -0.0706. The molecule has 18 heavy (non-hydrogen) atoms. The second kappa shape index (κ2) is 3.67. The molecule has 0 radical (unpaired) electrons. The van der Waals surface area contributed by atoms with Crippen LogP contribution in [0.5, 0.6) is 0 Å². The number of amides is 1. The van der Waals surface area contributed by atoms with Crippen LogP contribution in [0.25, 0.3) is 0 Å². The smallest absolute Gasteiger partial charge is 0.416 e. The predicted octanol–water partition coefficient (Wildman–Crippen LogP) is 2.21. The third kappa shape index (κ3) is 1.65. The molecule has 3 rings (SSSR count). The molecule has 3 heterocycles. The highest BCUT2D eigenvalue weighted by Gasteiger charge is 2.55. The summed E-state index contributed by atoms with van der Waals surface area (Å²) >= 11 is 0. The van der Waals surface area contributed by atoms with Gasteiger partial charge in [0.2, 0.25) is 0 Å². The second-order valence-electron chi connectivity index (χ2n) is 5.75. The number of hydrogen-bond donors (Lipinski definition) is 0. The highest BCUT2D eigenvalue weighted by Crippen LogP contribution is 2.44. The molecule has 5 nitrogen and oxygen atoms in total. The minimum absolute atomic E-state index is 0.154. The number of fused-ring (bicyclic) bond motifs is 3. The van der Waals surface area contributed by atoms with E-state index in [0.717, 1.165) is 0 Å². The first kappa shape index (κ1) is 11.4. The molecule has 3 aliphatic heterocycles. The van der Waals surface area contributed by atoms with Crippen molar-refractivity contribution >= 4 is 6.09 Å². The van der Waals surface area contributed by atoms with Gasteiger partial charge in [-0.2, -0.15) is 0 Å². The van der Waals surface area contributed by atoms with Crippen LogP contribution in [-0.4, -0.2) is 29.1 Å². The molecular weight excluding hydrogens is 234 g/mol. The van der Waals surface area contributed by atoms with Gasteiger partial charge in [-0.25, -0.2) is 9.69 Å². The average molecular weight is 251 g/mol. The zero-order valence-corrected chi connectivity index (χ0v) is 10.7. The molecule has 0 N–H and O–H groups in total. The van der Waals surface area contributed by atoms with Crippen molar-refractivity contribution in [3.63, 3.8) is 0 Å². The van der Waals surface area contributed by atoms with Crippen molar-refractivity contribution in [2.75, 3.05) is 0 Å². The van der Waals surface area contributed by atoms with Gasteiger partial charge in [-0.05, 0) is 32.9 Å². The van der Waals surface area contributed by atoms with Gasteiger partial charge in [0.15, 0.2) is 12.5 Å². The van der Waals surface area contributed by atoms with E-state index in [0.29, 0.717) is 0 Å². The van der Waals surface area contributed by atoms with Gasteiger partial charge in [0.25, 0.3) is 0 Å². The maximum Gasteiger partial charge on any atom is 0.416 e. The van der Waals surface area contributed by atoms with Crippen LogP contribution in [0.15, 0.2) is 24.7 Å². The van der Waals surface area contributed by atoms with E-state index in [1.807, 2.05) is 32.9 Å². The molecule has 0 unspecified atom stereocenters. The summed E-state index contributed by atoms with van der Waals surface area (Å²) in [5.74, 6) is 0.308. The fourth-order valence-electron chi connectivity index (χ4n) is 2.61. The zero-order valence-electron chi connectivity index (χ0n) is 10.7. The monoisotopic (exact) mass is 251 g/mol. The van der Waals surface area contributed by atoms with Crippen LogP contribution in [0.3, 0.4) is 0 Å². The fourth-order valence-corrected chi connectivity index (χ4v) is 2.61. The van der Waals surface area contributed by atoms with Crippen molar-refractivity contribution in [3.05, 3.63) is 24.7 Å². The summed E-state index contributed by atoms with van der Waals surface area (Å²) in [4.78, 5) is 13.8. The summed E-state index contributed by atoms with van der Waals surface area (Å²) in [5, 5.41) is 0. The van der Waals surface area contributed by atoms with Crippen molar-refractivity contribution in [2.24, 2.45) is 11.8 Å². The van der Waals surface area contributed by atoms with Gasteiger partial charge in [-0.1, -0.05) is 0 Å². The quantitative estimate of drug-likeness (QED) is 0.662. The summed E-state index contributed by atoms with van der Waals surface area (Å²) < 4.78 is 16.4. The van der Waals surface area contributed by atoms with Crippen molar-refractivity contribution in [1.29, 1.82) is 0 Å². The number of nitrogens with zero attached hydrogens (tertiary/aromatic N) is 1. The van der Waals surface area contributed by atoms with E-state index in [-0.39, 0.29) is 24.3 Å². The van der Waals surface area contributed by atoms with Crippen LogP contribution in [0.1, 0.15) is 20.8 Å². The highest BCUT2D eigenvalue weighted by atomic mass is 16.6. The Morgan fingerprint density at radius 3 is 2.06 bits per heavy atom. The fraction of sp³-hybridized carbons (Fsp3) is 0.615. The van der Waals surface area contributed by atoms with Crippen LogP contribution in [-0.2, 0) is 14.2 Å². The Labute approximate surface area is 106 Å². The molecule has 0 aromatic carbocycles. The Morgan fingerprint density at radius 1 is 1.11 bits per heavy atom. The van der Waals surface area contributed by atoms with E-state index >= 15 is 0 Å². The van der Waals surface area contributed by atoms with Crippen molar-refractivity contribution in [3.8, 4) is 0 Å². The molecule has 0 aliphatic carbocycles. The van der Waals surface area contributed by atoms with Crippen LogP contribution in [0.4, 0.5) is 4.79 Å². The lowest BCUT2D eigenvalue weighted by atomic mass is 9.96. The van der Waals surface area contributed by atoms with Gasteiger partial charge in [-0.3, -0.25) is 0 Å². The molecule has 1 fully saturated rings. The van der Waals surface area contributed by atoms with Crippen molar-refractivity contribution in [1.82, 2.24) is 4.90 Å². The normalized spacial score (nSPS) is 36.1. The molecule has 4 atom stereocenters. The number of likely N-dealkylation sites (tertiary alicyclic amines) is 1. The molecule has 1 amide bonds. The minimum atomic E-state index is -0.525. The van der Waals surface area contributed by atoms with Crippen molar-refractivity contribution in [2.45, 2.75) is 38.8 Å². The van der Waals surface area contributed by atoms with Crippen LogP contribution in [0, 0.1) is 11.8 Å². The number of ether oxygens (including phenoxy) is 3. The van der Waals surface area contributed by atoms with Gasteiger partial charge in [0.1, 0.15) is 5.60 Å². The number of carbonyl (C=O) groups excluding carboxylic acids is 1. The number of rotatable bonds is 0. The molecule has 3 aliphatic rings. The standard InChI is InChI=1S/C13H17NO4/c1-13(2,3)18-12(15)14-10-8(4-6-16-10)9-5-7-17-11(9)14/h4-11H,1-3H3/t8-,9-,10-,11-/m0/s1.